The van der Waals surface area contributed by atoms with Crippen LogP contribution >= 0.6 is 23.2 Å². The first-order chi connectivity index (χ1) is 9.02. The van der Waals surface area contributed by atoms with E-state index in [0.717, 1.165) is 0 Å². The summed E-state index contributed by atoms with van der Waals surface area (Å²) in [5.41, 5.74) is 12.7. The summed E-state index contributed by atoms with van der Waals surface area (Å²) in [5.74, 6) is 0.111. The molecular weight excluding hydrogens is 289 g/mol. The molecule has 0 spiro atoms. The standard InChI is InChI=1S/C11H9Cl2N5O/c12-5-1-2-6(7(13)3-5)9-8(4-16-19)17-11(15)18-10(9)14/h1-3H,4H2,(H4,14,15,17,18). The van der Waals surface area contributed by atoms with Crippen molar-refractivity contribution in [2.75, 3.05) is 11.5 Å². The van der Waals surface area contributed by atoms with E-state index in [0.29, 0.717) is 26.9 Å². The highest BCUT2D eigenvalue weighted by molar-refractivity contribution is 6.36. The van der Waals surface area contributed by atoms with Crippen LogP contribution in [0.2, 0.25) is 10.0 Å². The van der Waals surface area contributed by atoms with Crippen LogP contribution in [0, 0.1) is 4.91 Å². The van der Waals surface area contributed by atoms with Crippen molar-refractivity contribution in [1.29, 1.82) is 0 Å². The molecule has 1 heterocycles. The fraction of sp³-hybridized carbons (Fsp3) is 0.0909. The van der Waals surface area contributed by atoms with Gasteiger partial charge < -0.3 is 11.5 Å². The fourth-order valence-electron chi connectivity index (χ4n) is 1.71. The van der Waals surface area contributed by atoms with Crippen LogP contribution in [0.15, 0.2) is 23.4 Å². The van der Waals surface area contributed by atoms with Crippen molar-refractivity contribution in [3.63, 3.8) is 0 Å². The van der Waals surface area contributed by atoms with E-state index in [4.69, 9.17) is 34.7 Å². The number of benzene rings is 1. The van der Waals surface area contributed by atoms with Gasteiger partial charge in [0.05, 0.1) is 10.7 Å². The lowest BCUT2D eigenvalue weighted by Gasteiger charge is -2.11. The van der Waals surface area contributed by atoms with Crippen molar-refractivity contribution in [2.24, 2.45) is 5.18 Å². The minimum Gasteiger partial charge on any atom is -0.383 e. The number of anilines is 2. The van der Waals surface area contributed by atoms with E-state index >= 15 is 0 Å². The summed E-state index contributed by atoms with van der Waals surface area (Å²) in [5, 5.41) is 3.66. The third kappa shape index (κ3) is 2.74. The highest BCUT2D eigenvalue weighted by Gasteiger charge is 2.16. The topological polar surface area (TPSA) is 107 Å². The molecule has 1 aromatic heterocycles. The molecule has 2 aromatic rings. The summed E-state index contributed by atoms with van der Waals surface area (Å²) in [4.78, 5) is 18.3. The molecule has 0 aliphatic rings. The second kappa shape index (κ2) is 5.38. The van der Waals surface area contributed by atoms with Crippen molar-refractivity contribution in [3.05, 3.63) is 38.8 Å². The molecule has 0 aliphatic carbocycles. The minimum absolute atomic E-state index is 0.0232. The van der Waals surface area contributed by atoms with E-state index in [2.05, 4.69) is 15.1 Å². The number of nitrogens with zero attached hydrogens (tertiary/aromatic N) is 3. The normalized spacial score (nSPS) is 10.4. The molecule has 0 atom stereocenters. The Morgan fingerprint density at radius 3 is 2.58 bits per heavy atom. The highest BCUT2D eigenvalue weighted by atomic mass is 35.5. The van der Waals surface area contributed by atoms with Crippen LogP contribution in [0.5, 0.6) is 0 Å². The van der Waals surface area contributed by atoms with E-state index in [1.807, 2.05) is 0 Å². The maximum atomic E-state index is 10.5. The average Bonchev–Trinajstić information content (AvgIpc) is 2.31. The first kappa shape index (κ1) is 13.5. The zero-order valence-electron chi connectivity index (χ0n) is 9.60. The van der Waals surface area contributed by atoms with Gasteiger partial charge in [-0.05, 0) is 12.1 Å². The minimum atomic E-state index is -0.175. The molecule has 0 amide bonds. The number of hydrogen-bond acceptors (Lipinski definition) is 6. The largest absolute Gasteiger partial charge is 0.383 e. The number of nitrogens with two attached hydrogens (primary N) is 2. The van der Waals surface area contributed by atoms with Gasteiger partial charge in [-0.2, -0.15) is 9.89 Å². The van der Waals surface area contributed by atoms with E-state index in [1.165, 1.54) is 0 Å². The van der Waals surface area contributed by atoms with E-state index in [-0.39, 0.29) is 18.3 Å². The lowest BCUT2D eigenvalue weighted by atomic mass is 10.0. The molecule has 19 heavy (non-hydrogen) atoms. The zero-order chi connectivity index (χ0) is 14.0. The highest BCUT2D eigenvalue weighted by Crippen LogP contribution is 2.35. The molecular formula is C11H9Cl2N5O. The van der Waals surface area contributed by atoms with Crippen LogP contribution in [-0.2, 0) is 6.54 Å². The Morgan fingerprint density at radius 1 is 1.21 bits per heavy atom. The van der Waals surface area contributed by atoms with Crippen LogP contribution in [0.1, 0.15) is 5.69 Å². The molecule has 0 radical (unpaired) electrons. The molecule has 0 fully saturated rings. The van der Waals surface area contributed by atoms with Crippen molar-refractivity contribution in [3.8, 4) is 11.1 Å². The Labute approximate surface area is 118 Å². The quantitative estimate of drug-likeness (QED) is 0.847. The van der Waals surface area contributed by atoms with E-state index in [1.54, 1.807) is 18.2 Å². The summed E-state index contributed by atoms with van der Waals surface area (Å²) in [6.07, 6.45) is 0. The predicted molar refractivity (Wildman–Crippen MR) is 75.8 cm³/mol. The molecule has 0 bridgehead atoms. The van der Waals surface area contributed by atoms with Crippen LogP contribution in [-0.4, -0.2) is 9.97 Å². The van der Waals surface area contributed by atoms with Crippen LogP contribution in [0.4, 0.5) is 11.8 Å². The maximum Gasteiger partial charge on any atom is 0.222 e. The molecule has 4 N–H and O–H groups in total. The summed E-state index contributed by atoms with van der Waals surface area (Å²) >= 11 is 11.9. The first-order valence-electron chi connectivity index (χ1n) is 5.19. The Hall–Kier alpha value is -1.92. The molecule has 2 rings (SSSR count). The van der Waals surface area contributed by atoms with Crippen LogP contribution < -0.4 is 11.5 Å². The predicted octanol–water partition coefficient (Wildman–Crippen LogP) is 2.88. The van der Waals surface area contributed by atoms with Crippen molar-refractivity contribution >= 4 is 35.0 Å². The van der Waals surface area contributed by atoms with Gasteiger partial charge in [0, 0.05) is 16.1 Å². The molecule has 0 unspecified atom stereocenters. The van der Waals surface area contributed by atoms with Crippen molar-refractivity contribution < 1.29 is 0 Å². The Balaban J connectivity index is 2.69. The molecule has 1 aromatic carbocycles. The van der Waals surface area contributed by atoms with Gasteiger partial charge in [0.2, 0.25) is 5.95 Å². The molecule has 0 saturated heterocycles. The van der Waals surface area contributed by atoms with Gasteiger partial charge in [0.1, 0.15) is 12.4 Å². The number of hydrogen-bond donors (Lipinski definition) is 2. The second-order valence-corrected chi connectivity index (χ2v) is 4.54. The number of rotatable bonds is 3. The van der Waals surface area contributed by atoms with Crippen LogP contribution in [0.3, 0.4) is 0 Å². The van der Waals surface area contributed by atoms with E-state index in [9.17, 15) is 4.91 Å². The monoisotopic (exact) mass is 297 g/mol. The summed E-state index contributed by atoms with van der Waals surface area (Å²) in [6, 6.07) is 4.88. The average molecular weight is 298 g/mol. The van der Waals surface area contributed by atoms with Gasteiger partial charge in [0.25, 0.3) is 0 Å². The molecule has 0 saturated carbocycles. The zero-order valence-corrected chi connectivity index (χ0v) is 11.1. The number of halogens is 2. The van der Waals surface area contributed by atoms with Gasteiger partial charge >= 0.3 is 0 Å². The Kier molecular flexibility index (Phi) is 3.82. The molecule has 98 valence electrons. The number of nitroso groups, excluding NO2 is 1. The lowest BCUT2D eigenvalue weighted by Crippen LogP contribution is -2.06. The SMILES string of the molecule is Nc1nc(N)c(-c2ccc(Cl)cc2Cl)c(CN=O)n1. The maximum absolute atomic E-state index is 10.5. The van der Waals surface area contributed by atoms with E-state index < -0.39 is 0 Å². The fourth-order valence-corrected chi connectivity index (χ4v) is 2.21. The number of nitrogen functional groups attached to an aromatic ring is 2. The lowest BCUT2D eigenvalue weighted by molar-refractivity contribution is 0.971. The van der Waals surface area contributed by atoms with Crippen molar-refractivity contribution in [2.45, 2.75) is 6.54 Å². The first-order valence-corrected chi connectivity index (χ1v) is 5.95. The molecule has 0 aliphatic heterocycles. The van der Waals surface area contributed by atoms with Gasteiger partial charge in [-0.25, -0.2) is 4.98 Å². The number of aromatic nitrogens is 2. The van der Waals surface area contributed by atoms with Crippen LogP contribution in [0.25, 0.3) is 11.1 Å². The third-order valence-corrected chi connectivity index (χ3v) is 2.99. The third-order valence-electron chi connectivity index (χ3n) is 2.44. The summed E-state index contributed by atoms with van der Waals surface area (Å²) in [6.45, 7) is -0.175. The van der Waals surface area contributed by atoms with Gasteiger partial charge in [0.15, 0.2) is 0 Å². The van der Waals surface area contributed by atoms with Gasteiger partial charge in [-0.3, -0.25) is 0 Å². The smallest absolute Gasteiger partial charge is 0.222 e. The Morgan fingerprint density at radius 2 is 1.95 bits per heavy atom. The Bertz CT molecular complexity index is 647. The second-order valence-electron chi connectivity index (χ2n) is 3.70. The van der Waals surface area contributed by atoms with Crippen molar-refractivity contribution in [1.82, 2.24) is 9.97 Å². The summed E-state index contributed by atoms with van der Waals surface area (Å²) < 4.78 is 0. The molecule has 6 nitrogen and oxygen atoms in total. The summed E-state index contributed by atoms with van der Waals surface area (Å²) in [7, 11) is 0. The molecule has 8 heteroatoms. The van der Waals surface area contributed by atoms with Gasteiger partial charge in [-0.1, -0.05) is 34.4 Å². The van der Waals surface area contributed by atoms with Gasteiger partial charge in [-0.15, -0.1) is 0 Å².